The van der Waals surface area contributed by atoms with Crippen molar-refractivity contribution in [3.63, 3.8) is 0 Å². The number of hydrogen-bond donors (Lipinski definition) is 2. The molecule has 0 unspecified atom stereocenters. The van der Waals surface area contributed by atoms with Crippen molar-refractivity contribution in [1.82, 2.24) is 4.83 Å². The molecule has 0 saturated carbocycles. The van der Waals surface area contributed by atoms with E-state index in [1.807, 2.05) is 4.83 Å². The zero-order chi connectivity index (χ0) is 17.9. The van der Waals surface area contributed by atoms with Crippen LogP contribution in [0.1, 0.15) is 5.56 Å². The van der Waals surface area contributed by atoms with Crippen LogP contribution in [0.4, 0.5) is 5.69 Å². The molecule has 0 atom stereocenters. The van der Waals surface area contributed by atoms with Gasteiger partial charge >= 0.3 is 5.69 Å². The van der Waals surface area contributed by atoms with Crippen LogP contribution in [-0.4, -0.2) is 24.7 Å². The van der Waals surface area contributed by atoms with Crippen molar-refractivity contribution in [3.8, 4) is 5.75 Å². The van der Waals surface area contributed by atoms with Gasteiger partial charge < -0.3 is 5.11 Å². The quantitative estimate of drug-likeness (QED) is 0.425. The minimum atomic E-state index is -3.91. The Balaban J connectivity index is 2.26. The smallest absolute Gasteiger partial charge is 0.312 e. The molecule has 0 radical (unpaired) electrons. The second-order valence-electron chi connectivity index (χ2n) is 4.43. The molecule has 126 valence electrons. The molecule has 0 heterocycles. The number of phenolic OH excluding ortho intramolecular Hbond substituents is 1. The average Bonchev–Trinajstić information content (AvgIpc) is 2.50. The van der Waals surface area contributed by atoms with Crippen molar-refractivity contribution in [1.29, 1.82) is 0 Å². The van der Waals surface area contributed by atoms with E-state index in [4.69, 9.17) is 11.6 Å². The lowest BCUT2D eigenvalue weighted by Gasteiger charge is -2.04. The first-order valence-electron chi connectivity index (χ1n) is 6.18. The summed E-state index contributed by atoms with van der Waals surface area (Å²) in [6, 6.07) is 8.00. The maximum absolute atomic E-state index is 12.0. The van der Waals surface area contributed by atoms with Crippen LogP contribution in [0, 0.1) is 10.1 Å². The number of nitrogens with one attached hydrogen (secondary N) is 1. The number of phenols is 1. The summed E-state index contributed by atoms with van der Waals surface area (Å²) in [5.74, 6) is -0.670. The van der Waals surface area contributed by atoms with Crippen LogP contribution in [0.5, 0.6) is 5.75 Å². The predicted octanol–water partition coefficient (Wildman–Crippen LogP) is 3.03. The van der Waals surface area contributed by atoms with E-state index in [1.165, 1.54) is 18.2 Å². The van der Waals surface area contributed by atoms with Gasteiger partial charge in [0.25, 0.3) is 10.0 Å². The van der Waals surface area contributed by atoms with Crippen LogP contribution < -0.4 is 4.83 Å². The van der Waals surface area contributed by atoms with E-state index < -0.39 is 26.4 Å². The zero-order valence-corrected chi connectivity index (χ0v) is 14.8. The Bertz CT molecular complexity index is 916. The third-order valence-corrected chi connectivity index (χ3v) is 4.77. The van der Waals surface area contributed by atoms with Crippen molar-refractivity contribution in [2.75, 3.05) is 0 Å². The van der Waals surface area contributed by atoms with E-state index in [1.54, 1.807) is 12.1 Å². The van der Waals surface area contributed by atoms with Crippen molar-refractivity contribution >= 4 is 49.5 Å². The molecule has 2 rings (SSSR count). The van der Waals surface area contributed by atoms with Gasteiger partial charge in [-0.05, 0) is 30.3 Å². The van der Waals surface area contributed by atoms with Crippen molar-refractivity contribution < 1.29 is 18.4 Å². The Morgan fingerprint density at radius 2 is 1.92 bits per heavy atom. The SMILES string of the molecule is O=[N+]([O-])c1cc(Cl)cc(C=NNS(=O)(=O)c2ccc(Br)cc2)c1O. The Morgan fingerprint density at radius 1 is 1.29 bits per heavy atom. The van der Waals surface area contributed by atoms with E-state index in [-0.39, 0.29) is 15.5 Å². The Kier molecular flexibility index (Phi) is 5.42. The monoisotopic (exact) mass is 433 g/mol. The Labute approximate surface area is 150 Å². The highest BCUT2D eigenvalue weighted by Gasteiger charge is 2.18. The molecule has 0 aliphatic heterocycles. The molecule has 0 aromatic heterocycles. The molecule has 0 bridgehead atoms. The maximum atomic E-state index is 12.0. The molecule has 2 aromatic carbocycles. The number of sulfonamides is 1. The summed E-state index contributed by atoms with van der Waals surface area (Å²) in [6.07, 6.45) is 0.921. The van der Waals surface area contributed by atoms with Crippen LogP contribution in [0.2, 0.25) is 5.02 Å². The number of nitro groups is 1. The molecule has 2 N–H and O–H groups in total. The maximum Gasteiger partial charge on any atom is 0.312 e. The lowest BCUT2D eigenvalue weighted by atomic mass is 10.2. The number of rotatable bonds is 5. The highest BCUT2D eigenvalue weighted by Crippen LogP contribution is 2.32. The summed E-state index contributed by atoms with van der Waals surface area (Å²) >= 11 is 8.91. The topological polar surface area (TPSA) is 122 Å². The van der Waals surface area contributed by atoms with Gasteiger partial charge in [0.1, 0.15) is 0 Å². The molecular formula is C13H9BrClN3O5S. The molecule has 8 nitrogen and oxygen atoms in total. The summed E-state index contributed by atoms with van der Waals surface area (Å²) < 4.78 is 24.8. The van der Waals surface area contributed by atoms with Gasteiger partial charge in [-0.1, -0.05) is 27.5 Å². The molecule has 24 heavy (non-hydrogen) atoms. The summed E-state index contributed by atoms with van der Waals surface area (Å²) in [7, 11) is -3.91. The summed E-state index contributed by atoms with van der Waals surface area (Å²) in [5.41, 5.74) is -0.715. The highest BCUT2D eigenvalue weighted by atomic mass is 79.9. The molecule has 11 heteroatoms. The van der Waals surface area contributed by atoms with E-state index in [2.05, 4.69) is 21.0 Å². The number of halogens is 2. The van der Waals surface area contributed by atoms with E-state index in [0.29, 0.717) is 4.47 Å². The largest absolute Gasteiger partial charge is 0.502 e. The van der Waals surface area contributed by atoms with Gasteiger partial charge in [-0.2, -0.15) is 13.5 Å². The van der Waals surface area contributed by atoms with Crippen molar-refractivity contribution in [2.24, 2.45) is 5.10 Å². The first-order valence-corrected chi connectivity index (χ1v) is 8.83. The second-order valence-corrected chi connectivity index (χ2v) is 7.44. The van der Waals surface area contributed by atoms with Crippen molar-refractivity contribution in [3.05, 3.63) is 61.6 Å². The highest BCUT2D eigenvalue weighted by molar-refractivity contribution is 9.10. The second kappa shape index (κ2) is 7.16. The van der Waals surface area contributed by atoms with Gasteiger partial charge in [-0.25, -0.2) is 4.83 Å². The summed E-state index contributed by atoms with van der Waals surface area (Å²) in [5, 5.41) is 24.1. The Hall–Kier alpha value is -2.17. The number of benzene rings is 2. The molecule has 2 aromatic rings. The van der Waals surface area contributed by atoms with E-state index in [0.717, 1.165) is 12.3 Å². The predicted molar refractivity (Wildman–Crippen MR) is 91.8 cm³/mol. The van der Waals surface area contributed by atoms with Gasteiger partial charge in [0.15, 0.2) is 0 Å². The number of nitrogens with zero attached hydrogens (tertiary/aromatic N) is 2. The first kappa shape index (κ1) is 18.2. The number of aromatic hydroxyl groups is 1. The third kappa shape index (κ3) is 4.22. The Morgan fingerprint density at radius 3 is 2.50 bits per heavy atom. The molecule has 0 spiro atoms. The zero-order valence-electron chi connectivity index (χ0n) is 11.7. The molecule has 0 fully saturated rings. The first-order chi connectivity index (χ1) is 11.2. The van der Waals surface area contributed by atoms with Crippen LogP contribution in [0.25, 0.3) is 0 Å². The molecule has 0 aliphatic carbocycles. The fourth-order valence-electron chi connectivity index (χ4n) is 1.67. The van der Waals surface area contributed by atoms with Gasteiger partial charge in [0.05, 0.1) is 16.0 Å². The summed E-state index contributed by atoms with van der Waals surface area (Å²) in [6.45, 7) is 0. The lowest BCUT2D eigenvalue weighted by molar-refractivity contribution is -0.385. The van der Waals surface area contributed by atoms with Crippen LogP contribution in [-0.2, 0) is 10.0 Å². The van der Waals surface area contributed by atoms with E-state index in [9.17, 15) is 23.6 Å². The lowest BCUT2D eigenvalue weighted by Crippen LogP contribution is -2.18. The molecular weight excluding hydrogens is 426 g/mol. The third-order valence-electron chi connectivity index (χ3n) is 2.78. The van der Waals surface area contributed by atoms with Gasteiger partial charge in [-0.15, -0.1) is 0 Å². The standard InChI is InChI=1S/C13H9BrClN3O5S/c14-9-1-3-11(4-2-9)24(22,23)17-16-7-8-5-10(15)6-12(13(8)19)18(20)21/h1-7,17,19H. The number of hydrogen-bond acceptors (Lipinski definition) is 6. The summed E-state index contributed by atoms with van der Waals surface area (Å²) in [4.78, 5) is 11.9. The molecule has 0 saturated heterocycles. The normalized spacial score (nSPS) is 11.6. The molecule has 0 amide bonds. The average molecular weight is 435 g/mol. The minimum absolute atomic E-state index is 0.00304. The van der Waals surface area contributed by atoms with Crippen molar-refractivity contribution in [2.45, 2.75) is 4.90 Å². The fourth-order valence-corrected chi connectivity index (χ4v) is 2.95. The van der Waals surface area contributed by atoms with Gasteiger partial charge in [0.2, 0.25) is 5.75 Å². The number of hydrazone groups is 1. The fraction of sp³-hybridized carbons (Fsp3) is 0. The number of nitro benzene ring substituents is 1. The molecule has 0 aliphatic rings. The van der Waals surface area contributed by atoms with Gasteiger partial charge in [0, 0.05) is 21.1 Å². The van der Waals surface area contributed by atoms with Crippen LogP contribution in [0.15, 0.2) is 50.9 Å². The minimum Gasteiger partial charge on any atom is -0.502 e. The van der Waals surface area contributed by atoms with Crippen LogP contribution in [0.3, 0.4) is 0 Å². The van der Waals surface area contributed by atoms with Crippen LogP contribution >= 0.6 is 27.5 Å². The van der Waals surface area contributed by atoms with Gasteiger partial charge in [-0.3, -0.25) is 10.1 Å². The van der Waals surface area contributed by atoms with E-state index >= 15 is 0 Å².